The van der Waals surface area contributed by atoms with Crippen molar-refractivity contribution in [1.82, 2.24) is 20.0 Å². The highest BCUT2D eigenvalue weighted by atomic mass is 16.6. The van der Waals surface area contributed by atoms with Gasteiger partial charge in [0.1, 0.15) is 0 Å². The number of hydrogen-bond donors (Lipinski definition) is 0. The van der Waals surface area contributed by atoms with Crippen molar-refractivity contribution < 1.29 is 14.3 Å². The zero-order valence-electron chi connectivity index (χ0n) is 16.6. The SMILES string of the molecule is CCOC(=O)N1CCN(c2ccc(C(=O)N3CCc4ccccc4C3)nn2)CC1. The van der Waals surface area contributed by atoms with E-state index in [4.69, 9.17) is 4.74 Å². The van der Waals surface area contributed by atoms with Crippen molar-refractivity contribution in [2.24, 2.45) is 0 Å². The third-order valence-electron chi connectivity index (χ3n) is 5.42. The molecule has 0 unspecified atom stereocenters. The summed E-state index contributed by atoms with van der Waals surface area (Å²) in [5.41, 5.74) is 2.86. The number of piperazine rings is 1. The highest BCUT2D eigenvalue weighted by molar-refractivity contribution is 5.92. The second-order valence-electron chi connectivity index (χ2n) is 7.20. The van der Waals surface area contributed by atoms with Crippen molar-refractivity contribution in [3.05, 3.63) is 53.2 Å². The molecule has 0 spiro atoms. The van der Waals surface area contributed by atoms with Gasteiger partial charge in [0.2, 0.25) is 0 Å². The number of amides is 2. The molecule has 0 atom stereocenters. The zero-order chi connectivity index (χ0) is 20.2. The van der Waals surface area contributed by atoms with Crippen LogP contribution >= 0.6 is 0 Å². The van der Waals surface area contributed by atoms with Crippen LogP contribution in [0.4, 0.5) is 10.6 Å². The predicted molar refractivity (Wildman–Crippen MR) is 108 cm³/mol. The Morgan fingerprint density at radius 1 is 0.931 bits per heavy atom. The fourth-order valence-corrected chi connectivity index (χ4v) is 3.77. The lowest BCUT2D eigenvalue weighted by Gasteiger charge is -2.34. The molecular formula is C21H25N5O3. The van der Waals surface area contributed by atoms with E-state index >= 15 is 0 Å². The molecule has 0 radical (unpaired) electrons. The van der Waals surface area contributed by atoms with Crippen molar-refractivity contribution >= 4 is 17.8 Å². The maximum absolute atomic E-state index is 12.8. The largest absolute Gasteiger partial charge is 0.450 e. The topological polar surface area (TPSA) is 78.9 Å². The third-order valence-corrected chi connectivity index (χ3v) is 5.42. The lowest BCUT2D eigenvalue weighted by atomic mass is 10.00. The van der Waals surface area contributed by atoms with Gasteiger partial charge in [-0.25, -0.2) is 4.79 Å². The van der Waals surface area contributed by atoms with E-state index in [1.54, 1.807) is 17.9 Å². The molecule has 4 rings (SSSR count). The first-order valence-electron chi connectivity index (χ1n) is 10.0. The standard InChI is InChI=1S/C21H25N5O3/c1-2-29-21(28)25-13-11-24(12-14-25)19-8-7-18(22-23-19)20(27)26-10-9-16-5-3-4-6-17(16)15-26/h3-8H,2,9-15H2,1H3. The van der Waals surface area contributed by atoms with Crippen molar-refractivity contribution in [3.8, 4) is 0 Å². The van der Waals surface area contributed by atoms with E-state index in [1.807, 2.05) is 23.1 Å². The van der Waals surface area contributed by atoms with E-state index in [0.717, 1.165) is 6.42 Å². The molecule has 3 heterocycles. The summed E-state index contributed by atoms with van der Waals surface area (Å²) in [6.07, 6.45) is 0.584. The number of carbonyl (C=O) groups excluding carboxylic acids is 2. The molecular weight excluding hydrogens is 370 g/mol. The van der Waals surface area contributed by atoms with Crippen LogP contribution < -0.4 is 4.90 Å². The normalized spacial score (nSPS) is 16.4. The quantitative estimate of drug-likeness (QED) is 0.791. The fraction of sp³-hybridized carbons (Fsp3) is 0.429. The molecule has 1 saturated heterocycles. The first-order chi connectivity index (χ1) is 14.2. The Kier molecular flexibility index (Phi) is 5.59. The van der Waals surface area contributed by atoms with Crippen LogP contribution in [-0.4, -0.2) is 71.3 Å². The summed E-state index contributed by atoms with van der Waals surface area (Å²) in [5.74, 6) is 0.625. The summed E-state index contributed by atoms with van der Waals surface area (Å²) in [4.78, 5) is 30.2. The molecule has 2 aliphatic heterocycles. The summed E-state index contributed by atoms with van der Waals surface area (Å²) in [7, 11) is 0. The monoisotopic (exact) mass is 395 g/mol. The minimum Gasteiger partial charge on any atom is -0.450 e. The van der Waals surface area contributed by atoms with Gasteiger partial charge in [0.15, 0.2) is 11.5 Å². The number of anilines is 1. The average molecular weight is 395 g/mol. The van der Waals surface area contributed by atoms with Gasteiger partial charge in [-0.2, -0.15) is 0 Å². The lowest BCUT2D eigenvalue weighted by Crippen LogP contribution is -2.49. The zero-order valence-corrected chi connectivity index (χ0v) is 16.6. The van der Waals surface area contributed by atoms with Crippen molar-refractivity contribution in [2.75, 3.05) is 44.2 Å². The predicted octanol–water partition coefficient (Wildman–Crippen LogP) is 1.95. The van der Waals surface area contributed by atoms with Crippen LogP contribution in [-0.2, 0) is 17.7 Å². The third kappa shape index (κ3) is 4.16. The highest BCUT2D eigenvalue weighted by Gasteiger charge is 2.25. The molecule has 152 valence electrons. The number of rotatable bonds is 3. The summed E-state index contributed by atoms with van der Waals surface area (Å²) >= 11 is 0. The molecule has 8 nitrogen and oxygen atoms in total. The number of carbonyl (C=O) groups is 2. The van der Waals surface area contributed by atoms with Crippen molar-refractivity contribution in [1.29, 1.82) is 0 Å². The van der Waals surface area contributed by atoms with Crippen LogP contribution in [0.25, 0.3) is 0 Å². The van der Waals surface area contributed by atoms with Gasteiger partial charge in [0.25, 0.3) is 5.91 Å². The number of hydrogen-bond acceptors (Lipinski definition) is 6. The van der Waals surface area contributed by atoms with Crippen molar-refractivity contribution in [2.45, 2.75) is 19.9 Å². The molecule has 1 fully saturated rings. The molecule has 29 heavy (non-hydrogen) atoms. The second kappa shape index (κ2) is 8.46. The van der Waals surface area contributed by atoms with Gasteiger partial charge < -0.3 is 19.4 Å². The van der Waals surface area contributed by atoms with Gasteiger partial charge in [0, 0.05) is 39.3 Å². The molecule has 8 heteroatoms. The summed E-state index contributed by atoms with van der Waals surface area (Å²) in [6.45, 7) is 5.94. The Morgan fingerprint density at radius 2 is 1.69 bits per heavy atom. The first-order valence-corrected chi connectivity index (χ1v) is 10.0. The molecule has 0 N–H and O–H groups in total. The van der Waals surface area contributed by atoms with Gasteiger partial charge >= 0.3 is 6.09 Å². The Bertz CT molecular complexity index is 878. The van der Waals surface area contributed by atoms with Crippen LogP contribution in [0.1, 0.15) is 28.5 Å². The summed E-state index contributed by atoms with van der Waals surface area (Å²) in [6, 6.07) is 11.8. The van der Waals surface area contributed by atoms with Gasteiger partial charge in [-0.15, -0.1) is 10.2 Å². The molecule has 2 aromatic rings. The molecule has 1 aromatic carbocycles. The number of ether oxygens (including phenoxy) is 1. The summed E-state index contributed by atoms with van der Waals surface area (Å²) < 4.78 is 5.04. The maximum atomic E-state index is 12.8. The molecule has 1 aromatic heterocycles. The Morgan fingerprint density at radius 3 is 2.38 bits per heavy atom. The summed E-state index contributed by atoms with van der Waals surface area (Å²) in [5, 5.41) is 8.44. The van der Waals surface area contributed by atoms with E-state index in [0.29, 0.717) is 57.4 Å². The van der Waals surface area contributed by atoms with Crippen molar-refractivity contribution in [3.63, 3.8) is 0 Å². The Balaban J connectivity index is 1.36. The Hall–Kier alpha value is -3.16. The molecule has 0 bridgehead atoms. The molecule has 2 amide bonds. The van der Waals surface area contributed by atoms with Crippen LogP contribution in [0.5, 0.6) is 0 Å². The lowest BCUT2D eigenvalue weighted by molar-refractivity contribution is 0.0727. The van der Waals surface area contributed by atoms with E-state index in [9.17, 15) is 9.59 Å². The minimum atomic E-state index is -0.276. The number of aromatic nitrogens is 2. The van der Waals surface area contributed by atoms with Gasteiger partial charge in [-0.1, -0.05) is 24.3 Å². The van der Waals surface area contributed by atoms with Gasteiger partial charge in [0.05, 0.1) is 6.61 Å². The van der Waals surface area contributed by atoms with E-state index in [1.165, 1.54) is 11.1 Å². The fourth-order valence-electron chi connectivity index (χ4n) is 3.77. The van der Waals surface area contributed by atoms with Crippen LogP contribution in [0.3, 0.4) is 0 Å². The van der Waals surface area contributed by atoms with E-state index in [2.05, 4.69) is 27.2 Å². The number of nitrogens with zero attached hydrogens (tertiary/aromatic N) is 5. The van der Waals surface area contributed by atoms with Gasteiger partial charge in [-0.3, -0.25) is 4.79 Å². The first kappa shape index (κ1) is 19.2. The number of fused-ring (bicyclic) bond motifs is 1. The molecule has 0 saturated carbocycles. The van der Waals surface area contributed by atoms with E-state index in [-0.39, 0.29) is 12.0 Å². The smallest absolute Gasteiger partial charge is 0.409 e. The average Bonchev–Trinajstić information content (AvgIpc) is 2.78. The van der Waals surface area contributed by atoms with Gasteiger partial charge in [-0.05, 0) is 36.6 Å². The minimum absolute atomic E-state index is 0.0920. The second-order valence-corrected chi connectivity index (χ2v) is 7.20. The Labute approximate surface area is 170 Å². The van der Waals surface area contributed by atoms with Crippen LogP contribution in [0.15, 0.2) is 36.4 Å². The molecule has 0 aliphatic carbocycles. The molecule has 2 aliphatic rings. The van der Waals surface area contributed by atoms with E-state index < -0.39 is 0 Å². The maximum Gasteiger partial charge on any atom is 0.409 e. The van der Waals surface area contributed by atoms with Crippen LogP contribution in [0, 0.1) is 0 Å². The highest BCUT2D eigenvalue weighted by Crippen LogP contribution is 2.20. The number of benzene rings is 1. The van der Waals surface area contributed by atoms with Crippen LogP contribution in [0.2, 0.25) is 0 Å².